The molecule has 1 aromatic rings. The molecule has 0 fully saturated rings. The number of aliphatic carboxylic acids is 1. The van der Waals surface area contributed by atoms with Crippen molar-refractivity contribution in [3.63, 3.8) is 0 Å². The van der Waals surface area contributed by atoms with Gasteiger partial charge in [0.25, 0.3) is 0 Å². The Balaban J connectivity index is 3.08. The normalized spacial score (nSPS) is 11.1. The molecule has 0 saturated heterocycles. The second kappa shape index (κ2) is 8.09. The Labute approximate surface area is 124 Å². The van der Waals surface area contributed by atoms with Crippen LogP contribution in [-0.4, -0.2) is 23.7 Å². The molecule has 1 N–H and O–H groups in total. The van der Waals surface area contributed by atoms with E-state index in [0.717, 1.165) is 6.42 Å². The molecule has 0 aliphatic heterocycles. The minimum atomic E-state index is -0.979. The number of esters is 1. The Bertz CT molecular complexity index is 546. The Morgan fingerprint density at radius 3 is 2.52 bits per heavy atom. The van der Waals surface area contributed by atoms with Crippen LogP contribution in [0.2, 0.25) is 0 Å². The highest BCUT2D eigenvalue weighted by Crippen LogP contribution is 2.30. The molecule has 0 aliphatic carbocycles. The standard InChI is InChI=1S/C16H20O5/c1-4-8-20-14-10-12(9-11(3)16(18)19)6-7-13(14)21-15(17)5-2/h6-7,9-10H,4-5,8H2,1-3H3,(H,18,19). The van der Waals surface area contributed by atoms with E-state index < -0.39 is 5.97 Å². The van der Waals surface area contributed by atoms with Crippen LogP contribution >= 0.6 is 0 Å². The Kier molecular flexibility index (Phi) is 6.46. The first-order chi connectivity index (χ1) is 9.97. The van der Waals surface area contributed by atoms with Crippen LogP contribution < -0.4 is 9.47 Å². The lowest BCUT2D eigenvalue weighted by atomic mass is 10.1. The first-order valence-corrected chi connectivity index (χ1v) is 6.87. The predicted octanol–water partition coefficient (Wildman–Crippen LogP) is 3.28. The van der Waals surface area contributed by atoms with Gasteiger partial charge in [-0.25, -0.2) is 4.79 Å². The predicted molar refractivity (Wildman–Crippen MR) is 79.4 cm³/mol. The zero-order chi connectivity index (χ0) is 15.8. The Hall–Kier alpha value is -2.30. The first kappa shape index (κ1) is 16.8. The molecule has 0 aliphatic rings. The zero-order valence-corrected chi connectivity index (χ0v) is 12.5. The molecule has 1 rings (SSSR count). The summed E-state index contributed by atoms with van der Waals surface area (Å²) < 4.78 is 10.8. The lowest BCUT2D eigenvalue weighted by Gasteiger charge is -2.11. The largest absolute Gasteiger partial charge is 0.490 e. The molecule has 5 heteroatoms. The van der Waals surface area contributed by atoms with E-state index in [0.29, 0.717) is 23.7 Å². The number of carbonyl (C=O) groups excluding carboxylic acids is 1. The SMILES string of the molecule is CCCOc1cc(C=C(C)C(=O)O)ccc1OC(=O)CC. The van der Waals surface area contributed by atoms with E-state index in [4.69, 9.17) is 14.6 Å². The van der Waals surface area contributed by atoms with Crippen molar-refractivity contribution in [3.8, 4) is 11.5 Å². The van der Waals surface area contributed by atoms with E-state index in [9.17, 15) is 9.59 Å². The molecule has 5 nitrogen and oxygen atoms in total. The van der Waals surface area contributed by atoms with Crippen molar-refractivity contribution in [3.05, 3.63) is 29.3 Å². The highest BCUT2D eigenvalue weighted by molar-refractivity contribution is 5.91. The van der Waals surface area contributed by atoms with Gasteiger partial charge in [-0.1, -0.05) is 19.9 Å². The topological polar surface area (TPSA) is 72.8 Å². The minimum absolute atomic E-state index is 0.217. The third-order valence-corrected chi connectivity index (χ3v) is 2.66. The van der Waals surface area contributed by atoms with Crippen LogP contribution in [-0.2, 0) is 9.59 Å². The number of ether oxygens (including phenoxy) is 2. The molecular weight excluding hydrogens is 272 g/mol. The summed E-state index contributed by atoms with van der Waals surface area (Å²) in [5.41, 5.74) is 0.895. The quantitative estimate of drug-likeness (QED) is 0.474. The zero-order valence-electron chi connectivity index (χ0n) is 12.5. The molecule has 0 spiro atoms. The summed E-state index contributed by atoms with van der Waals surface area (Å²) in [6.45, 7) is 5.68. The van der Waals surface area contributed by atoms with Crippen molar-refractivity contribution in [1.82, 2.24) is 0 Å². The van der Waals surface area contributed by atoms with Crippen LogP contribution in [0.4, 0.5) is 0 Å². The van der Waals surface area contributed by atoms with Gasteiger partial charge in [0.1, 0.15) is 0 Å². The Morgan fingerprint density at radius 1 is 1.24 bits per heavy atom. The van der Waals surface area contributed by atoms with E-state index in [1.165, 1.54) is 13.0 Å². The summed E-state index contributed by atoms with van der Waals surface area (Å²) in [7, 11) is 0. The van der Waals surface area contributed by atoms with Gasteiger partial charge in [-0.3, -0.25) is 4.79 Å². The monoisotopic (exact) mass is 292 g/mol. The summed E-state index contributed by atoms with van der Waals surface area (Å²) in [4.78, 5) is 22.2. The molecule has 0 saturated carbocycles. The van der Waals surface area contributed by atoms with Crippen molar-refractivity contribution in [1.29, 1.82) is 0 Å². The van der Waals surface area contributed by atoms with E-state index in [1.807, 2.05) is 6.92 Å². The fourth-order valence-corrected chi connectivity index (χ4v) is 1.53. The molecule has 0 unspecified atom stereocenters. The number of carboxylic acids is 1. The summed E-state index contributed by atoms with van der Waals surface area (Å²) in [5.74, 6) is -0.542. The number of hydrogen-bond acceptors (Lipinski definition) is 4. The minimum Gasteiger partial charge on any atom is -0.490 e. The van der Waals surface area contributed by atoms with Crippen LogP contribution in [0.3, 0.4) is 0 Å². The van der Waals surface area contributed by atoms with Crippen LogP contribution in [0.25, 0.3) is 6.08 Å². The van der Waals surface area contributed by atoms with Gasteiger partial charge in [0.15, 0.2) is 11.5 Å². The number of carboxylic acid groups (broad SMARTS) is 1. The van der Waals surface area contributed by atoms with Crippen molar-refractivity contribution in [2.75, 3.05) is 6.61 Å². The third-order valence-electron chi connectivity index (χ3n) is 2.66. The second-order valence-electron chi connectivity index (χ2n) is 4.51. The molecule has 0 aromatic heterocycles. The summed E-state index contributed by atoms with van der Waals surface area (Å²) in [5, 5.41) is 8.89. The number of hydrogen-bond donors (Lipinski definition) is 1. The van der Waals surface area contributed by atoms with Gasteiger partial charge in [0.05, 0.1) is 6.61 Å². The lowest BCUT2D eigenvalue weighted by molar-refractivity contribution is -0.134. The van der Waals surface area contributed by atoms with E-state index >= 15 is 0 Å². The average Bonchev–Trinajstić information content (AvgIpc) is 2.46. The molecular formula is C16H20O5. The average molecular weight is 292 g/mol. The molecule has 0 amide bonds. The van der Waals surface area contributed by atoms with Gasteiger partial charge in [0, 0.05) is 12.0 Å². The Morgan fingerprint density at radius 2 is 1.95 bits per heavy atom. The molecule has 1 aromatic carbocycles. The molecule has 0 atom stereocenters. The fourth-order valence-electron chi connectivity index (χ4n) is 1.53. The van der Waals surface area contributed by atoms with E-state index in [2.05, 4.69) is 0 Å². The highest BCUT2D eigenvalue weighted by atomic mass is 16.6. The van der Waals surface area contributed by atoms with Gasteiger partial charge >= 0.3 is 11.9 Å². The van der Waals surface area contributed by atoms with Crippen molar-refractivity contribution < 1.29 is 24.2 Å². The summed E-state index contributed by atoms with van der Waals surface area (Å²) in [6, 6.07) is 4.96. The lowest BCUT2D eigenvalue weighted by Crippen LogP contribution is -2.07. The number of carbonyl (C=O) groups is 2. The highest BCUT2D eigenvalue weighted by Gasteiger charge is 2.10. The first-order valence-electron chi connectivity index (χ1n) is 6.87. The number of rotatable bonds is 7. The van der Waals surface area contributed by atoms with Crippen LogP contribution in [0.5, 0.6) is 11.5 Å². The molecule has 114 valence electrons. The van der Waals surface area contributed by atoms with E-state index in [1.54, 1.807) is 25.1 Å². The maximum Gasteiger partial charge on any atom is 0.331 e. The van der Waals surface area contributed by atoms with Gasteiger partial charge in [-0.2, -0.15) is 0 Å². The van der Waals surface area contributed by atoms with Crippen LogP contribution in [0.1, 0.15) is 39.2 Å². The molecule has 0 radical (unpaired) electrons. The van der Waals surface area contributed by atoms with Crippen molar-refractivity contribution in [2.45, 2.75) is 33.6 Å². The van der Waals surface area contributed by atoms with Gasteiger partial charge in [-0.05, 0) is 37.1 Å². The molecule has 0 bridgehead atoms. The second-order valence-corrected chi connectivity index (χ2v) is 4.51. The van der Waals surface area contributed by atoms with Crippen LogP contribution in [0, 0.1) is 0 Å². The smallest absolute Gasteiger partial charge is 0.331 e. The maximum atomic E-state index is 11.4. The molecule has 0 heterocycles. The fraction of sp³-hybridized carbons (Fsp3) is 0.375. The van der Waals surface area contributed by atoms with Crippen molar-refractivity contribution >= 4 is 18.0 Å². The van der Waals surface area contributed by atoms with Gasteiger partial charge < -0.3 is 14.6 Å². The van der Waals surface area contributed by atoms with Gasteiger partial charge in [0.2, 0.25) is 0 Å². The van der Waals surface area contributed by atoms with Gasteiger partial charge in [-0.15, -0.1) is 0 Å². The third kappa shape index (κ3) is 5.30. The van der Waals surface area contributed by atoms with Crippen LogP contribution in [0.15, 0.2) is 23.8 Å². The molecule has 21 heavy (non-hydrogen) atoms. The maximum absolute atomic E-state index is 11.4. The summed E-state index contributed by atoms with van der Waals surface area (Å²) in [6.07, 6.45) is 2.62. The number of benzene rings is 1. The summed E-state index contributed by atoms with van der Waals surface area (Å²) >= 11 is 0. The van der Waals surface area contributed by atoms with Crippen molar-refractivity contribution in [2.24, 2.45) is 0 Å². The van der Waals surface area contributed by atoms with E-state index in [-0.39, 0.29) is 18.0 Å².